The fourth-order valence-corrected chi connectivity index (χ4v) is 3.47. The Morgan fingerprint density at radius 2 is 1.95 bits per heavy atom. The van der Waals surface area contributed by atoms with Gasteiger partial charge >= 0.3 is 6.09 Å². The summed E-state index contributed by atoms with van der Waals surface area (Å²) in [6.07, 6.45) is 0.534. The number of nitrogen functional groups attached to an aromatic ring is 1. The fourth-order valence-electron chi connectivity index (χ4n) is 3.28. The van der Waals surface area contributed by atoms with Crippen molar-refractivity contribution in [3.63, 3.8) is 0 Å². The highest BCUT2D eigenvalue weighted by Gasteiger charge is 2.22. The molecule has 11 nitrogen and oxygen atoms in total. The molecule has 0 aliphatic rings. The van der Waals surface area contributed by atoms with E-state index >= 15 is 0 Å². The van der Waals surface area contributed by atoms with Crippen LogP contribution in [0.1, 0.15) is 43.7 Å². The molecular formula is C23H27ClF2N6O5. The van der Waals surface area contributed by atoms with Crippen LogP contribution >= 0.6 is 11.6 Å². The lowest BCUT2D eigenvalue weighted by atomic mass is 10.1. The Balaban J connectivity index is 1.66. The third-order valence-corrected chi connectivity index (χ3v) is 4.96. The maximum absolute atomic E-state index is 14.2. The van der Waals surface area contributed by atoms with Crippen molar-refractivity contribution in [2.24, 2.45) is 0 Å². The lowest BCUT2D eigenvalue weighted by Gasteiger charge is -2.19. The summed E-state index contributed by atoms with van der Waals surface area (Å²) >= 11 is 6.08. The molecule has 14 heteroatoms. The Hall–Kier alpha value is -3.71. The molecule has 3 aromatic rings. The second-order valence-corrected chi connectivity index (χ2v) is 9.45. The zero-order chi connectivity index (χ0) is 27.5. The molecule has 0 fully saturated rings. The number of methoxy groups -OCH3 is 1. The number of carbonyl (C=O) groups is 2. The number of fused-ring (bicyclic) bond motifs is 1. The summed E-state index contributed by atoms with van der Waals surface area (Å²) in [5.41, 5.74) is 5.18. The van der Waals surface area contributed by atoms with Crippen molar-refractivity contribution in [1.82, 2.24) is 19.9 Å². The van der Waals surface area contributed by atoms with Gasteiger partial charge < -0.3 is 25.3 Å². The second-order valence-electron chi connectivity index (χ2n) is 9.06. The van der Waals surface area contributed by atoms with E-state index < -0.39 is 35.3 Å². The van der Waals surface area contributed by atoms with Gasteiger partial charge in [-0.3, -0.25) is 10.1 Å². The zero-order valence-electron chi connectivity index (χ0n) is 20.8. The number of rotatable bonds is 8. The minimum absolute atomic E-state index is 0.00462. The largest absolute Gasteiger partial charge is 0.491 e. The van der Waals surface area contributed by atoms with Crippen LogP contribution in [0.2, 0.25) is 5.15 Å². The molecule has 3 rings (SSSR count). The normalized spacial score (nSPS) is 12.3. The summed E-state index contributed by atoms with van der Waals surface area (Å²) in [6, 6.07) is 2.05. The minimum atomic E-state index is -1.21. The number of imidazole rings is 1. The Labute approximate surface area is 216 Å². The van der Waals surface area contributed by atoms with Gasteiger partial charge in [-0.25, -0.2) is 18.7 Å². The van der Waals surface area contributed by atoms with Gasteiger partial charge in [-0.05, 0) is 33.8 Å². The number of nitrogens with zero attached hydrogens (tertiary/aromatic N) is 3. The molecule has 4 N–H and O–H groups in total. The molecule has 2 aromatic heterocycles. The number of nitrogens with one attached hydrogen (secondary N) is 2. The van der Waals surface area contributed by atoms with Crippen LogP contribution in [-0.4, -0.2) is 52.0 Å². The lowest BCUT2D eigenvalue weighted by molar-refractivity contribution is 0.0635. The first-order valence-corrected chi connectivity index (χ1v) is 11.4. The average molecular weight is 541 g/mol. The molecule has 2 amide bonds. The number of benzene rings is 1. The zero-order valence-corrected chi connectivity index (χ0v) is 21.6. The highest BCUT2D eigenvalue weighted by atomic mass is 35.5. The maximum Gasteiger partial charge on any atom is 0.412 e. The third-order valence-electron chi connectivity index (χ3n) is 4.78. The molecule has 0 aliphatic carbocycles. The topological polar surface area (TPSA) is 142 Å². The van der Waals surface area contributed by atoms with Crippen LogP contribution in [0.5, 0.6) is 5.75 Å². The van der Waals surface area contributed by atoms with Gasteiger partial charge in [-0.2, -0.15) is 9.49 Å². The molecular weight excluding hydrogens is 514 g/mol. The quantitative estimate of drug-likeness (QED) is 0.365. The number of halogens is 3. The van der Waals surface area contributed by atoms with E-state index in [1.165, 1.54) is 30.0 Å². The molecule has 0 aliphatic heterocycles. The van der Waals surface area contributed by atoms with Gasteiger partial charge in [0.2, 0.25) is 5.82 Å². The Morgan fingerprint density at radius 1 is 1.24 bits per heavy atom. The summed E-state index contributed by atoms with van der Waals surface area (Å²) in [7, 11) is 1.18. The summed E-state index contributed by atoms with van der Waals surface area (Å²) < 4.78 is 44.8. The number of anilines is 2. The predicted octanol–water partition coefficient (Wildman–Crippen LogP) is 3.93. The van der Waals surface area contributed by atoms with Crippen LogP contribution in [0.4, 0.5) is 25.0 Å². The molecule has 0 radical (unpaired) electrons. The van der Waals surface area contributed by atoms with E-state index in [4.69, 9.17) is 31.5 Å². The maximum atomic E-state index is 14.2. The minimum Gasteiger partial charge on any atom is -0.491 e. The van der Waals surface area contributed by atoms with Crippen molar-refractivity contribution in [3.8, 4) is 5.75 Å². The number of amides is 2. The second kappa shape index (κ2) is 11.1. The van der Waals surface area contributed by atoms with Gasteiger partial charge in [0.05, 0.1) is 37.9 Å². The number of ether oxygens (including phenoxy) is 3. The van der Waals surface area contributed by atoms with Crippen LogP contribution in [0.25, 0.3) is 5.65 Å². The van der Waals surface area contributed by atoms with Crippen molar-refractivity contribution in [2.75, 3.05) is 24.8 Å². The van der Waals surface area contributed by atoms with Crippen LogP contribution in [0.3, 0.4) is 0 Å². The van der Waals surface area contributed by atoms with Crippen LogP contribution < -0.4 is 21.1 Å². The molecule has 0 saturated heterocycles. The number of aromatic nitrogens is 3. The molecule has 2 heterocycles. The summed E-state index contributed by atoms with van der Waals surface area (Å²) in [4.78, 5) is 29.2. The van der Waals surface area contributed by atoms with E-state index in [9.17, 15) is 18.4 Å². The van der Waals surface area contributed by atoms with Gasteiger partial charge in [0.25, 0.3) is 5.91 Å². The number of hydrogen-bond donors (Lipinski definition) is 3. The standard InChI is InChI=1S/C23H27ClF2N6O5/c1-11(9-36-10-12-6-13(27)19(35-5)18(26)17(12)25)29-21(33)15-8-28-20-14(7-16(24)31-32(15)20)30-22(34)37-23(2,3)4/h6-8,11H,9-10,27H2,1-5H3,(H,29,33)(H,30,34)/t11-/m1/s1. The first-order valence-electron chi connectivity index (χ1n) is 11.0. The van der Waals surface area contributed by atoms with E-state index in [1.54, 1.807) is 27.7 Å². The van der Waals surface area contributed by atoms with E-state index in [1.807, 2.05) is 0 Å². The van der Waals surface area contributed by atoms with Crippen LogP contribution in [0, 0.1) is 11.6 Å². The monoisotopic (exact) mass is 540 g/mol. The Bertz CT molecular complexity index is 1330. The van der Waals surface area contributed by atoms with Gasteiger partial charge in [-0.15, -0.1) is 0 Å². The molecule has 200 valence electrons. The first kappa shape index (κ1) is 27.9. The first-order chi connectivity index (χ1) is 17.3. The number of hydrogen-bond acceptors (Lipinski definition) is 8. The molecule has 0 bridgehead atoms. The molecule has 1 aromatic carbocycles. The Morgan fingerprint density at radius 3 is 2.59 bits per heavy atom. The van der Waals surface area contributed by atoms with Gasteiger partial charge in [0.15, 0.2) is 28.1 Å². The summed E-state index contributed by atoms with van der Waals surface area (Å²) in [5.74, 6) is -3.28. The van der Waals surface area contributed by atoms with Gasteiger partial charge in [-0.1, -0.05) is 11.6 Å². The summed E-state index contributed by atoms with van der Waals surface area (Å²) in [6.45, 7) is 6.47. The molecule has 37 heavy (non-hydrogen) atoms. The average Bonchev–Trinajstić information content (AvgIpc) is 3.20. The van der Waals surface area contributed by atoms with Gasteiger partial charge in [0, 0.05) is 17.7 Å². The Kier molecular flexibility index (Phi) is 8.39. The van der Waals surface area contributed by atoms with Crippen molar-refractivity contribution in [1.29, 1.82) is 0 Å². The van der Waals surface area contributed by atoms with Crippen molar-refractivity contribution in [2.45, 2.75) is 45.9 Å². The number of nitrogens with two attached hydrogens (primary N) is 1. The lowest BCUT2D eigenvalue weighted by Crippen LogP contribution is -2.36. The number of carbonyl (C=O) groups excluding carboxylic acids is 2. The molecule has 1 atom stereocenters. The highest BCUT2D eigenvalue weighted by Crippen LogP contribution is 2.30. The predicted molar refractivity (Wildman–Crippen MR) is 132 cm³/mol. The molecule has 0 spiro atoms. The van der Waals surface area contributed by atoms with Crippen molar-refractivity contribution < 1.29 is 32.6 Å². The third kappa shape index (κ3) is 6.74. The van der Waals surface area contributed by atoms with E-state index in [0.29, 0.717) is 0 Å². The smallest absolute Gasteiger partial charge is 0.412 e. The van der Waals surface area contributed by atoms with Crippen LogP contribution in [-0.2, 0) is 16.1 Å². The van der Waals surface area contributed by atoms with Crippen molar-refractivity contribution >= 4 is 40.6 Å². The fraction of sp³-hybridized carbons (Fsp3) is 0.391. The van der Waals surface area contributed by atoms with Gasteiger partial charge in [0.1, 0.15) is 5.60 Å². The van der Waals surface area contributed by atoms with E-state index in [2.05, 4.69) is 20.7 Å². The highest BCUT2D eigenvalue weighted by molar-refractivity contribution is 6.29. The van der Waals surface area contributed by atoms with E-state index in [-0.39, 0.29) is 52.4 Å². The molecule has 0 unspecified atom stereocenters. The van der Waals surface area contributed by atoms with Crippen LogP contribution in [0.15, 0.2) is 18.3 Å². The van der Waals surface area contributed by atoms with Crippen molar-refractivity contribution in [3.05, 3.63) is 46.4 Å². The van der Waals surface area contributed by atoms with E-state index in [0.717, 1.165) is 0 Å². The SMILES string of the molecule is COc1c(N)cc(COC[C@@H](C)NC(=O)c2cnc3c(NC(=O)OC(C)(C)C)cc(Cl)nn23)c(F)c1F. The molecule has 0 saturated carbocycles. The summed E-state index contributed by atoms with van der Waals surface area (Å²) in [5, 5.41) is 9.32.